The van der Waals surface area contributed by atoms with Crippen LogP contribution in [-0.4, -0.2) is 87.4 Å². The molecule has 9 nitrogen and oxygen atoms in total. The maximum atomic E-state index is 12.9. The summed E-state index contributed by atoms with van der Waals surface area (Å²) in [6, 6.07) is 0. The molecule has 0 aromatic heterocycles. The van der Waals surface area contributed by atoms with Gasteiger partial charge in [-0.1, -0.05) is 297 Å². The Hall–Kier alpha value is -3.79. The Morgan fingerprint density at radius 2 is 0.671 bits per heavy atom. The molecule has 0 bridgehead atoms. The first-order valence-corrected chi connectivity index (χ1v) is 35.4. The Labute approximate surface area is 524 Å². The number of carboxylic acid groups (broad SMARTS) is 1. The van der Waals surface area contributed by atoms with Crippen molar-refractivity contribution in [2.75, 3.05) is 47.5 Å². The summed E-state index contributed by atoms with van der Waals surface area (Å²) in [6.07, 6.45) is 88.0. The number of carboxylic acids is 1. The van der Waals surface area contributed by atoms with Crippen LogP contribution in [0.15, 0.2) is 97.2 Å². The van der Waals surface area contributed by atoms with Crippen molar-refractivity contribution in [2.24, 2.45) is 0 Å². The molecule has 0 radical (unpaired) electrons. The van der Waals surface area contributed by atoms with Crippen molar-refractivity contribution in [3.05, 3.63) is 97.2 Å². The highest BCUT2D eigenvalue weighted by molar-refractivity contribution is 5.71. The van der Waals surface area contributed by atoms with Crippen molar-refractivity contribution in [3.8, 4) is 0 Å². The lowest BCUT2D eigenvalue weighted by Gasteiger charge is -2.25. The fourth-order valence-electron chi connectivity index (χ4n) is 9.93. The molecule has 0 aromatic carbocycles. The number of carbonyl (C=O) groups is 3. The topological polar surface area (TPSA) is 108 Å². The lowest BCUT2D eigenvalue weighted by Crippen LogP contribution is -2.40. The Bertz CT molecular complexity index is 1720. The number of ether oxygens (including phenoxy) is 4. The van der Waals surface area contributed by atoms with Crippen LogP contribution in [0.2, 0.25) is 0 Å². The van der Waals surface area contributed by atoms with Crippen LogP contribution in [-0.2, 0) is 33.3 Å². The zero-order valence-corrected chi connectivity index (χ0v) is 56.0. The minimum atomic E-state index is -1.51. The van der Waals surface area contributed by atoms with E-state index in [1.807, 2.05) is 21.1 Å². The zero-order chi connectivity index (χ0) is 61.9. The quantitative estimate of drug-likeness (QED) is 0.0211. The van der Waals surface area contributed by atoms with Crippen LogP contribution in [0.1, 0.15) is 309 Å². The van der Waals surface area contributed by atoms with E-state index in [1.165, 1.54) is 199 Å². The number of likely N-dealkylation sites (N-methyl/N-ethyl adjacent to an activating group) is 1. The SMILES string of the molecule is CC/C=C\C/C=C\C/C=C\C/C=C\C/C=C\CCCCCCCCCCCCCCCC(=O)OC(COC(=O)CCCCCCCCCCCCCCCCCC/C=C\C/C=C\C/C=C\CCCCCCC)COC(OCC[N+](C)(C)C)C(=O)O. The number of esters is 2. The number of allylic oxidation sites excluding steroid dienone is 16. The Balaban J connectivity index is 4.11. The predicted molar refractivity (Wildman–Crippen MR) is 364 cm³/mol. The van der Waals surface area contributed by atoms with Crippen molar-refractivity contribution >= 4 is 17.9 Å². The molecule has 0 amide bonds. The van der Waals surface area contributed by atoms with Gasteiger partial charge in [0.15, 0.2) is 6.10 Å². The number of carbonyl (C=O) groups excluding carboxylic acids is 2. The van der Waals surface area contributed by atoms with E-state index in [4.69, 9.17) is 18.9 Å². The third-order valence-electron chi connectivity index (χ3n) is 15.3. The van der Waals surface area contributed by atoms with Crippen LogP contribution in [0, 0.1) is 0 Å². The van der Waals surface area contributed by atoms with Gasteiger partial charge < -0.3 is 28.5 Å². The number of hydrogen-bond donors (Lipinski definition) is 1. The van der Waals surface area contributed by atoms with Gasteiger partial charge in [-0.15, -0.1) is 0 Å². The lowest BCUT2D eigenvalue weighted by molar-refractivity contribution is -0.870. The number of nitrogens with zero attached hydrogens (tertiary/aromatic N) is 1. The smallest absolute Gasteiger partial charge is 0.361 e. The summed E-state index contributed by atoms with van der Waals surface area (Å²) in [6.45, 7) is 4.78. The molecular formula is C76H134NO8+. The molecule has 0 saturated carbocycles. The van der Waals surface area contributed by atoms with Gasteiger partial charge in [0.05, 0.1) is 34.4 Å². The highest BCUT2D eigenvalue weighted by Crippen LogP contribution is 2.17. The van der Waals surface area contributed by atoms with Gasteiger partial charge >= 0.3 is 17.9 Å². The van der Waals surface area contributed by atoms with Gasteiger partial charge in [0.25, 0.3) is 6.29 Å². The summed E-state index contributed by atoms with van der Waals surface area (Å²) in [7, 11) is 5.98. The number of hydrogen-bond acceptors (Lipinski definition) is 7. The lowest BCUT2D eigenvalue weighted by atomic mass is 10.0. The first kappa shape index (κ1) is 81.2. The molecule has 0 aliphatic carbocycles. The minimum absolute atomic E-state index is 0.184. The van der Waals surface area contributed by atoms with Crippen LogP contribution in [0.25, 0.3) is 0 Å². The average molecular weight is 1190 g/mol. The highest BCUT2D eigenvalue weighted by atomic mass is 16.7. The summed E-state index contributed by atoms with van der Waals surface area (Å²) in [5.41, 5.74) is 0. The van der Waals surface area contributed by atoms with Gasteiger partial charge in [-0.25, -0.2) is 4.79 Å². The van der Waals surface area contributed by atoms with E-state index in [-0.39, 0.29) is 32.2 Å². The molecule has 2 unspecified atom stereocenters. The molecule has 0 saturated heterocycles. The van der Waals surface area contributed by atoms with E-state index in [2.05, 4.69) is 111 Å². The fraction of sp³-hybridized carbons (Fsp3) is 0.750. The second-order valence-electron chi connectivity index (χ2n) is 24.8. The van der Waals surface area contributed by atoms with Crippen LogP contribution in [0.5, 0.6) is 0 Å². The van der Waals surface area contributed by atoms with Gasteiger partial charge in [0.2, 0.25) is 0 Å². The molecule has 2 atom stereocenters. The zero-order valence-electron chi connectivity index (χ0n) is 56.0. The van der Waals surface area contributed by atoms with Gasteiger partial charge in [-0.05, 0) is 96.3 Å². The number of unbranched alkanes of at least 4 members (excludes halogenated alkanes) is 34. The van der Waals surface area contributed by atoms with Crippen LogP contribution in [0.4, 0.5) is 0 Å². The van der Waals surface area contributed by atoms with Crippen LogP contribution in [0.3, 0.4) is 0 Å². The molecule has 0 aromatic rings. The molecule has 490 valence electrons. The van der Waals surface area contributed by atoms with Gasteiger partial charge in [-0.3, -0.25) is 9.59 Å². The molecule has 0 rings (SSSR count). The Kier molecular flexibility index (Phi) is 63.2. The largest absolute Gasteiger partial charge is 0.477 e. The van der Waals surface area contributed by atoms with E-state index in [0.29, 0.717) is 17.4 Å². The number of rotatable bonds is 65. The molecule has 0 fully saturated rings. The second-order valence-corrected chi connectivity index (χ2v) is 24.8. The monoisotopic (exact) mass is 1190 g/mol. The molecule has 1 N–H and O–H groups in total. The van der Waals surface area contributed by atoms with Gasteiger partial charge in [0.1, 0.15) is 13.2 Å². The summed E-state index contributed by atoms with van der Waals surface area (Å²) in [5, 5.41) is 9.75. The third-order valence-corrected chi connectivity index (χ3v) is 15.3. The van der Waals surface area contributed by atoms with Crippen molar-refractivity contribution in [3.63, 3.8) is 0 Å². The van der Waals surface area contributed by atoms with E-state index < -0.39 is 24.3 Å². The van der Waals surface area contributed by atoms with Crippen molar-refractivity contribution < 1.29 is 42.9 Å². The maximum Gasteiger partial charge on any atom is 0.361 e. The van der Waals surface area contributed by atoms with Crippen molar-refractivity contribution in [2.45, 2.75) is 322 Å². The molecule has 0 heterocycles. The van der Waals surface area contributed by atoms with E-state index in [9.17, 15) is 19.5 Å². The Morgan fingerprint density at radius 1 is 0.365 bits per heavy atom. The molecule has 9 heteroatoms. The summed E-state index contributed by atoms with van der Waals surface area (Å²) in [4.78, 5) is 37.6. The summed E-state index contributed by atoms with van der Waals surface area (Å²) >= 11 is 0. The van der Waals surface area contributed by atoms with E-state index >= 15 is 0 Å². The van der Waals surface area contributed by atoms with E-state index in [0.717, 1.165) is 83.5 Å². The summed E-state index contributed by atoms with van der Waals surface area (Å²) < 4.78 is 23.0. The summed E-state index contributed by atoms with van der Waals surface area (Å²) in [5.74, 6) is -2.00. The molecular weight excluding hydrogens is 1050 g/mol. The predicted octanol–water partition coefficient (Wildman–Crippen LogP) is 22.0. The standard InChI is InChI=1S/C76H133NO8/c1-6-8-10-12-14-16-18-20-22-24-26-28-30-32-34-36-37-39-40-42-44-46-48-50-52-54-56-58-60-62-64-66-73(78)83-70-72(71-84-76(75(80)81)82-69-68-77(3,4)5)85-74(79)67-65-63-61-59-57-55-53-51-49-47-45-43-41-38-35-33-31-29-27-25-23-21-19-17-15-13-11-9-7-2/h9,11,15,17-18,20-21,23-24,26-27,29-30,32-33,35,72,76H,6-8,10,12-14,16,19,22,25,28,31,34,36-71H2,1-5H3/p+1/b11-9-,17-15-,20-18-,23-21-,26-24-,29-27-,32-30-,35-33-. The Morgan fingerprint density at radius 3 is 1.00 bits per heavy atom. The molecule has 85 heavy (non-hydrogen) atoms. The van der Waals surface area contributed by atoms with Crippen molar-refractivity contribution in [1.29, 1.82) is 0 Å². The third kappa shape index (κ3) is 67.6. The normalized spacial score (nSPS) is 13.3. The molecule has 0 aliphatic heterocycles. The minimum Gasteiger partial charge on any atom is -0.477 e. The second kappa shape index (κ2) is 66.2. The van der Waals surface area contributed by atoms with Crippen LogP contribution < -0.4 is 0 Å². The average Bonchev–Trinajstić information content (AvgIpc) is 3.48. The van der Waals surface area contributed by atoms with Crippen molar-refractivity contribution in [1.82, 2.24) is 0 Å². The van der Waals surface area contributed by atoms with Gasteiger partial charge in [-0.2, -0.15) is 0 Å². The van der Waals surface area contributed by atoms with E-state index in [1.54, 1.807) is 0 Å². The highest BCUT2D eigenvalue weighted by Gasteiger charge is 2.25. The fourth-order valence-corrected chi connectivity index (χ4v) is 9.93. The number of quaternary nitrogens is 1. The maximum absolute atomic E-state index is 12.9. The van der Waals surface area contributed by atoms with Gasteiger partial charge in [0, 0.05) is 12.8 Å². The first-order chi connectivity index (χ1) is 41.6. The first-order valence-electron chi connectivity index (χ1n) is 35.4. The molecule has 0 spiro atoms. The van der Waals surface area contributed by atoms with Crippen LogP contribution >= 0.6 is 0 Å². The molecule has 0 aliphatic rings. The number of aliphatic carboxylic acids is 1.